The van der Waals surface area contributed by atoms with Gasteiger partial charge in [-0.3, -0.25) is 20.2 Å². The molecule has 0 fully saturated rings. The summed E-state index contributed by atoms with van der Waals surface area (Å²) in [5, 5.41) is 29.6. The van der Waals surface area contributed by atoms with Crippen molar-refractivity contribution in [2.24, 2.45) is 0 Å². The van der Waals surface area contributed by atoms with E-state index in [1.807, 2.05) is 0 Å². The van der Waals surface area contributed by atoms with E-state index in [2.05, 4.69) is 0 Å². The maximum Gasteiger partial charge on any atom is 0.423 e. The van der Waals surface area contributed by atoms with E-state index in [0.717, 1.165) is 6.07 Å². The summed E-state index contributed by atoms with van der Waals surface area (Å²) in [6.07, 6.45) is -5.08. The number of benzene rings is 1. The topological polar surface area (TPSA) is 110 Å². The van der Waals surface area contributed by atoms with Crippen molar-refractivity contribution in [3.8, 4) is 6.07 Å². The van der Waals surface area contributed by atoms with Gasteiger partial charge in [0.1, 0.15) is 11.6 Å². The van der Waals surface area contributed by atoms with Crippen LogP contribution in [0.1, 0.15) is 11.1 Å². The number of rotatable bonds is 2. The van der Waals surface area contributed by atoms with Gasteiger partial charge in [0.25, 0.3) is 5.69 Å². The van der Waals surface area contributed by atoms with Crippen LogP contribution >= 0.6 is 0 Å². The lowest BCUT2D eigenvalue weighted by molar-refractivity contribution is -0.396. The zero-order valence-corrected chi connectivity index (χ0v) is 8.26. The maximum atomic E-state index is 12.5. The molecule has 0 amide bonds. The average molecular weight is 261 g/mol. The molecule has 7 nitrogen and oxygen atoms in total. The number of nitrogens with zero attached hydrogens (tertiary/aromatic N) is 3. The summed E-state index contributed by atoms with van der Waals surface area (Å²) in [6.45, 7) is 0. The van der Waals surface area contributed by atoms with E-state index < -0.39 is 38.5 Å². The van der Waals surface area contributed by atoms with Crippen molar-refractivity contribution in [1.82, 2.24) is 0 Å². The minimum atomic E-state index is -5.08. The van der Waals surface area contributed by atoms with E-state index in [1.165, 1.54) is 0 Å². The first-order valence-corrected chi connectivity index (χ1v) is 4.13. The Labute approximate surface area is 96.4 Å². The SMILES string of the molecule is N#Cc1c([N+](=O)[O-])ccc(C(F)(F)F)c1[N+](=O)[O-]. The first kappa shape index (κ1) is 13.4. The molecule has 0 aromatic heterocycles. The van der Waals surface area contributed by atoms with Crippen molar-refractivity contribution in [2.45, 2.75) is 6.18 Å². The van der Waals surface area contributed by atoms with Crippen molar-refractivity contribution in [3.63, 3.8) is 0 Å². The van der Waals surface area contributed by atoms with Gasteiger partial charge in [0.15, 0.2) is 0 Å². The van der Waals surface area contributed by atoms with Crippen molar-refractivity contribution >= 4 is 11.4 Å². The smallest absolute Gasteiger partial charge is 0.258 e. The molecule has 0 heterocycles. The van der Waals surface area contributed by atoms with Gasteiger partial charge in [-0.2, -0.15) is 18.4 Å². The first-order chi connectivity index (χ1) is 8.20. The van der Waals surface area contributed by atoms with Crippen LogP contribution in [0.15, 0.2) is 12.1 Å². The molecule has 0 aliphatic carbocycles. The molecule has 0 spiro atoms. The molecule has 0 N–H and O–H groups in total. The van der Waals surface area contributed by atoms with Crippen LogP contribution in [0, 0.1) is 31.6 Å². The van der Waals surface area contributed by atoms with Crippen molar-refractivity contribution in [1.29, 1.82) is 5.26 Å². The summed E-state index contributed by atoms with van der Waals surface area (Å²) in [7, 11) is 0. The number of nitro groups is 2. The number of halogens is 3. The van der Waals surface area contributed by atoms with E-state index in [-0.39, 0.29) is 6.07 Å². The van der Waals surface area contributed by atoms with Gasteiger partial charge < -0.3 is 0 Å². The largest absolute Gasteiger partial charge is 0.423 e. The Morgan fingerprint density at radius 3 is 2.06 bits per heavy atom. The van der Waals surface area contributed by atoms with Gasteiger partial charge in [0, 0.05) is 6.07 Å². The molecule has 0 aliphatic rings. The van der Waals surface area contributed by atoms with E-state index in [0.29, 0.717) is 6.07 Å². The molecule has 1 aromatic rings. The second kappa shape index (κ2) is 4.28. The van der Waals surface area contributed by atoms with E-state index in [4.69, 9.17) is 5.26 Å². The van der Waals surface area contributed by atoms with Crippen molar-refractivity contribution in [2.75, 3.05) is 0 Å². The Morgan fingerprint density at radius 2 is 1.72 bits per heavy atom. The lowest BCUT2D eigenvalue weighted by Gasteiger charge is -2.07. The Bertz CT molecular complexity index is 576. The highest BCUT2D eigenvalue weighted by atomic mass is 19.4. The Morgan fingerprint density at radius 1 is 1.17 bits per heavy atom. The van der Waals surface area contributed by atoms with E-state index >= 15 is 0 Å². The highest BCUT2D eigenvalue weighted by Gasteiger charge is 2.42. The minimum Gasteiger partial charge on any atom is -0.258 e. The molecule has 18 heavy (non-hydrogen) atoms. The second-order valence-electron chi connectivity index (χ2n) is 2.98. The molecule has 0 atom stereocenters. The normalized spacial score (nSPS) is 10.8. The Balaban J connectivity index is 3.77. The summed E-state index contributed by atoms with van der Waals surface area (Å²) in [5.41, 5.74) is -5.58. The molecule has 0 saturated heterocycles. The third-order valence-corrected chi connectivity index (χ3v) is 1.95. The van der Waals surface area contributed by atoms with Crippen LogP contribution in [0.25, 0.3) is 0 Å². The number of hydrogen-bond donors (Lipinski definition) is 0. The molecule has 0 aliphatic heterocycles. The standard InChI is InChI=1S/C8H2F3N3O4/c9-8(10,11)5-1-2-6(13(15)16)4(3-12)7(5)14(17)18/h1-2H. The van der Waals surface area contributed by atoms with Crippen molar-refractivity contribution in [3.05, 3.63) is 43.5 Å². The lowest BCUT2D eigenvalue weighted by Crippen LogP contribution is -2.11. The highest BCUT2D eigenvalue weighted by Crippen LogP contribution is 2.40. The van der Waals surface area contributed by atoms with Crippen LogP contribution in [-0.2, 0) is 6.18 Å². The van der Waals surface area contributed by atoms with Crippen LogP contribution < -0.4 is 0 Å². The van der Waals surface area contributed by atoms with Crippen LogP contribution in [0.3, 0.4) is 0 Å². The average Bonchev–Trinajstić information content (AvgIpc) is 2.25. The van der Waals surface area contributed by atoms with E-state index in [9.17, 15) is 33.4 Å². The third-order valence-electron chi connectivity index (χ3n) is 1.95. The summed E-state index contributed by atoms with van der Waals surface area (Å²) in [4.78, 5) is 18.4. The van der Waals surface area contributed by atoms with Gasteiger partial charge in [0.05, 0.1) is 9.85 Å². The molecule has 94 valence electrons. The molecular weight excluding hydrogens is 259 g/mol. The monoisotopic (exact) mass is 261 g/mol. The summed E-state index contributed by atoms with van der Waals surface area (Å²) < 4.78 is 37.4. The zero-order valence-electron chi connectivity index (χ0n) is 8.26. The molecule has 0 saturated carbocycles. The lowest BCUT2D eigenvalue weighted by atomic mass is 10.1. The van der Waals surface area contributed by atoms with E-state index in [1.54, 1.807) is 0 Å². The van der Waals surface area contributed by atoms with Crippen LogP contribution in [0.5, 0.6) is 0 Å². The molecule has 0 bridgehead atoms. The first-order valence-electron chi connectivity index (χ1n) is 4.13. The number of alkyl halides is 3. The molecule has 10 heteroatoms. The molecule has 1 aromatic carbocycles. The zero-order chi connectivity index (χ0) is 14.1. The molecule has 1 rings (SSSR count). The minimum absolute atomic E-state index is 0.205. The van der Waals surface area contributed by atoms with Gasteiger partial charge in [-0.1, -0.05) is 0 Å². The Kier molecular flexibility index (Phi) is 3.18. The van der Waals surface area contributed by atoms with Crippen LogP contribution in [0.4, 0.5) is 24.5 Å². The predicted molar refractivity (Wildman–Crippen MR) is 49.5 cm³/mol. The summed E-state index contributed by atoms with van der Waals surface area (Å²) in [6, 6.07) is 1.67. The highest BCUT2D eigenvalue weighted by molar-refractivity contribution is 5.65. The predicted octanol–water partition coefficient (Wildman–Crippen LogP) is 2.39. The number of nitro benzene ring substituents is 2. The Hall–Kier alpha value is -2.70. The molecule has 0 unspecified atom stereocenters. The molecule has 0 radical (unpaired) electrons. The quantitative estimate of drug-likeness (QED) is 0.599. The van der Waals surface area contributed by atoms with Gasteiger partial charge >= 0.3 is 11.9 Å². The van der Waals surface area contributed by atoms with Crippen LogP contribution in [-0.4, -0.2) is 9.85 Å². The summed E-state index contributed by atoms with van der Waals surface area (Å²) in [5.74, 6) is 0. The van der Waals surface area contributed by atoms with Gasteiger partial charge in [0.2, 0.25) is 5.56 Å². The number of hydrogen-bond acceptors (Lipinski definition) is 5. The molecular formula is C8H2F3N3O4. The van der Waals surface area contributed by atoms with Gasteiger partial charge in [-0.15, -0.1) is 0 Å². The fourth-order valence-corrected chi connectivity index (χ4v) is 1.26. The number of nitriles is 1. The second-order valence-corrected chi connectivity index (χ2v) is 2.98. The fraction of sp³-hybridized carbons (Fsp3) is 0.125. The maximum absolute atomic E-state index is 12.5. The van der Waals surface area contributed by atoms with Gasteiger partial charge in [-0.05, 0) is 6.07 Å². The van der Waals surface area contributed by atoms with Gasteiger partial charge in [-0.25, -0.2) is 0 Å². The third kappa shape index (κ3) is 2.19. The summed E-state index contributed by atoms with van der Waals surface area (Å²) >= 11 is 0. The van der Waals surface area contributed by atoms with Crippen molar-refractivity contribution < 1.29 is 23.0 Å². The van der Waals surface area contributed by atoms with Crippen LogP contribution in [0.2, 0.25) is 0 Å². The fourth-order valence-electron chi connectivity index (χ4n) is 1.26.